The van der Waals surface area contributed by atoms with Gasteiger partial charge in [0.05, 0.1) is 6.61 Å². The molecule has 1 fully saturated rings. The van der Waals surface area contributed by atoms with Crippen molar-refractivity contribution >= 4 is 12.1 Å². The van der Waals surface area contributed by atoms with Gasteiger partial charge in [0.15, 0.2) is 0 Å². The summed E-state index contributed by atoms with van der Waals surface area (Å²) in [5.41, 5.74) is 0.326. The van der Waals surface area contributed by atoms with Gasteiger partial charge in [-0.15, -0.1) is 0 Å². The van der Waals surface area contributed by atoms with E-state index < -0.39 is 11.7 Å². The Morgan fingerprint density at radius 3 is 2.72 bits per heavy atom. The van der Waals surface area contributed by atoms with E-state index in [-0.39, 0.29) is 12.1 Å². The van der Waals surface area contributed by atoms with Crippen LogP contribution in [0.1, 0.15) is 39.2 Å². The molecule has 1 aliphatic heterocycles. The van der Waals surface area contributed by atoms with Gasteiger partial charge in [-0.25, -0.2) is 14.6 Å². The van der Waals surface area contributed by atoms with E-state index in [0.29, 0.717) is 38.7 Å². The molecule has 1 aliphatic rings. The standard InChI is InChI=1S/C20H32N4O5/c1-20(2,3)29-19(26)23-16-6-5-9-24(14-16)18(25)22-13-15-7-8-17(21-12-15)28-11-10-27-4/h7-8,12,16H,5-6,9-11,13-14H2,1-4H3,(H,22,25)(H,23,26). The number of pyridine rings is 1. The molecule has 0 saturated carbocycles. The molecule has 1 saturated heterocycles. The SMILES string of the molecule is COCCOc1ccc(CNC(=O)N2CCCC(NC(=O)OC(C)(C)C)C2)cn1. The molecule has 162 valence electrons. The van der Waals surface area contributed by atoms with Crippen LogP contribution in [0.4, 0.5) is 9.59 Å². The fourth-order valence-electron chi connectivity index (χ4n) is 2.87. The highest BCUT2D eigenvalue weighted by atomic mass is 16.6. The second kappa shape index (κ2) is 10.8. The molecule has 2 heterocycles. The molecule has 0 radical (unpaired) electrons. The van der Waals surface area contributed by atoms with Gasteiger partial charge in [-0.1, -0.05) is 6.07 Å². The molecule has 9 nitrogen and oxygen atoms in total. The molecule has 0 spiro atoms. The summed E-state index contributed by atoms with van der Waals surface area (Å²) in [6, 6.07) is 3.34. The van der Waals surface area contributed by atoms with Gasteiger partial charge in [0.2, 0.25) is 5.88 Å². The molecule has 2 rings (SSSR count). The van der Waals surface area contributed by atoms with E-state index in [1.165, 1.54) is 0 Å². The fraction of sp³-hybridized carbons (Fsp3) is 0.650. The minimum absolute atomic E-state index is 0.116. The number of alkyl carbamates (subject to hydrolysis) is 1. The van der Waals surface area contributed by atoms with E-state index in [1.807, 2.05) is 26.8 Å². The average molecular weight is 408 g/mol. The molecule has 1 aromatic heterocycles. The predicted molar refractivity (Wildman–Crippen MR) is 108 cm³/mol. The number of nitrogens with zero attached hydrogens (tertiary/aromatic N) is 2. The molecule has 3 amide bonds. The van der Waals surface area contributed by atoms with Crippen molar-refractivity contribution in [3.8, 4) is 5.88 Å². The van der Waals surface area contributed by atoms with Crippen molar-refractivity contribution in [1.82, 2.24) is 20.5 Å². The monoisotopic (exact) mass is 408 g/mol. The Morgan fingerprint density at radius 2 is 2.07 bits per heavy atom. The van der Waals surface area contributed by atoms with Crippen molar-refractivity contribution in [2.24, 2.45) is 0 Å². The minimum Gasteiger partial charge on any atom is -0.475 e. The van der Waals surface area contributed by atoms with E-state index in [1.54, 1.807) is 24.3 Å². The highest BCUT2D eigenvalue weighted by Crippen LogP contribution is 2.13. The molecular formula is C20H32N4O5. The first-order valence-corrected chi connectivity index (χ1v) is 9.86. The van der Waals surface area contributed by atoms with Gasteiger partial charge in [0.25, 0.3) is 0 Å². The van der Waals surface area contributed by atoms with Crippen LogP contribution in [0.2, 0.25) is 0 Å². The van der Waals surface area contributed by atoms with Crippen LogP contribution in [0.3, 0.4) is 0 Å². The van der Waals surface area contributed by atoms with E-state index in [2.05, 4.69) is 15.6 Å². The van der Waals surface area contributed by atoms with Gasteiger partial charge >= 0.3 is 12.1 Å². The van der Waals surface area contributed by atoms with Crippen LogP contribution in [0.15, 0.2) is 18.3 Å². The first-order valence-electron chi connectivity index (χ1n) is 9.86. The lowest BCUT2D eigenvalue weighted by Gasteiger charge is -2.33. The number of hydrogen-bond donors (Lipinski definition) is 2. The summed E-state index contributed by atoms with van der Waals surface area (Å²) in [5, 5.41) is 5.74. The van der Waals surface area contributed by atoms with Crippen LogP contribution in [-0.4, -0.2) is 67.1 Å². The zero-order valence-electron chi connectivity index (χ0n) is 17.7. The van der Waals surface area contributed by atoms with Crippen LogP contribution < -0.4 is 15.4 Å². The highest BCUT2D eigenvalue weighted by molar-refractivity contribution is 5.74. The summed E-state index contributed by atoms with van der Waals surface area (Å²) < 4.78 is 15.6. The first-order chi connectivity index (χ1) is 13.8. The van der Waals surface area contributed by atoms with Crippen LogP contribution in [0.5, 0.6) is 5.88 Å². The second-order valence-electron chi connectivity index (χ2n) is 7.94. The average Bonchev–Trinajstić information content (AvgIpc) is 2.66. The largest absolute Gasteiger partial charge is 0.475 e. The van der Waals surface area contributed by atoms with Crippen molar-refractivity contribution in [1.29, 1.82) is 0 Å². The number of piperidine rings is 1. The van der Waals surface area contributed by atoms with Crippen molar-refractivity contribution in [3.63, 3.8) is 0 Å². The number of carbonyl (C=O) groups excluding carboxylic acids is 2. The van der Waals surface area contributed by atoms with E-state index in [4.69, 9.17) is 14.2 Å². The maximum absolute atomic E-state index is 12.5. The normalized spacial score (nSPS) is 16.8. The number of urea groups is 1. The minimum atomic E-state index is -0.547. The number of hydrogen-bond acceptors (Lipinski definition) is 6. The quantitative estimate of drug-likeness (QED) is 0.671. The molecule has 9 heteroatoms. The zero-order chi connectivity index (χ0) is 21.3. The third-order valence-electron chi connectivity index (χ3n) is 4.21. The zero-order valence-corrected chi connectivity index (χ0v) is 17.7. The summed E-state index contributed by atoms with van der Waals surface area (Å²) >= 11 is 0. The highest BCUT2D eigenvalue weighted by Gasteiger charge is 2.26. The van der Waals surface area contributed by atoms with Gasteiger partial charge in [-0.2, -0.15) is 0 Å². The van der Waals surface area contributed by atoms with Crippen molar-refractivity contribution < 1.29 is 23.8 Å². The Kier molecular flexibility index (Phi) is 8.50. The van der Waals surface area contributed by atoms with Crippen molar-refractivity contribution in [2.45, 2.75) is 51.8 Å². The van der Waals surface area contributed by atoms with Gasteiger partial charge in [0, 0.05) is 45.0 Å². The smallest absolute Gasteiger partial charge is 0.407 e. The number of methoxy groups -OCH3 is 1. The molecule has 1 aromatic rings. The number of likely N-dealkylation sites (tertiary alicyclic amines) is 1. The first kappa shape index (κ1) is 22.7. The molecule has 0 aliphatic carbocycles. The molecular weight excluding hydrogens is 376 g/mol. The Hall–Kier alpha value is -2.55. The van der Waals surface area contributed by atoms with Gasteiger partial charge < -0.3 is 29.7 Å². The Morgan fingerprint density at radius 1 is 1.28 bits per heavy atom. The Balaban J connectivity index is 1.76. The number of amides is 3. The van der Waals surface area contributed by atoms with Crippen LogP contribution in [0.25, 0.3) is 0 Å². The number of rotatable bonds is 7. The molecule has 29 heavy (non-hydrogen) atoms. The summed E-state index contributed by atoms with van der Waals surface area (Å²) in [5.74, 6) is 0.518. The maximum Gasteiger partial charge on any atom is 0.407 e. The van der Waals surface area contributed by atoms with Crippen molar-refractivity contribution in [3.05, 3.63) is 23.9 Å². The van der Waals surface area contributed by atoms with Crippen LogP contribution in [-0.2, 0) is 16.0 Å². The van der Waals surface area contributed by atoms with Gasteiger partial charge in [-0.3, -0.25) is 0 Å². The number of aromatic nitrogens is 1. The lowest BCUT2D eigenvalue weighted by molar-refractivity contribution is 0.0479. The Labute approximate surface area is 172 Å². The molecule has 2 N–H and O–H groups in total. The van der Waals surface area contributed by atoms with Crippen LogP contribution in [0, 0.1) is 0 Å². The third kappa shape index (κ3) is 8.55. The van der Waals surface area contributed by atoms with Crippen molar-refractivity contribution in [2.75, 3.05) is 33.4 Å². The molecule has 1 atom stereocenters. The summed E-state index contributed by atoms with van der Waals surface area (Å²) in [6.45, 7) is 7.87. The predicted octanol–water partition coefficient (Wildman–Crippen LogP) is 2.31. The Bertz CT molecular complexity index is 660. The number of nitrogens with one attached hydrogen (secondary N) is 2. The topological polar surface area (TPSA) is 102 Å². The number of carbonyl (C=O) groups is 2. The molecule has 1 unspecified atom stereocenters. The van der Waals surface area contributed by atoms with E-state index in [0.717, 1.165) is 18.4 Å². The van der Waals surface area contributed by atoms with Gasteiger partial charge in [0.1, 0.15) is 12.2 Å². The lowest BCUT2D eigenvalue weighted by Crippen LogP contribution is -2.52. The fourth-order valence-corrected chi connectivity index (χ4v) is 2.87. The van der Waals surface area contributed by atoms with E-state index >= 15 is 0 Å². The van der Waals surface area contributed by atoms with Gasteiger partial charge in [-0.05, 0) is 39.2 Å². The van der Waals surface area contributed by atoms with Crippen LogP contribution >= 0.6 is 0 Å². The third-order valence-corrected chi connectivity index (χ3v) is 4.21. The lowest BCUT2D eigenvalue weighted by atomic mass is 10.1. The molecule has 0 aromatic carbocycles. The summed E-state index contributed by atoms with van der Waals surface area (Å²) in [4.78, 5) is 30.4. The summed E-state index contributed by atoms with van der Waals surface area (Å²) in [6.07, 6.45) is 2.86. The number of ether oxygens (including phenoxy) is 3. The van der Waals surface area contributed by atoms with E-state index in [9.17, 15) is 9.59 Å². The maximum atomic E-state index is 12.5. The second-order valence-corrected chi connectivity index (χ2v) is 7.94. The molecule has 0 bridgehead atoms. The summed E-state index contributed by atoms with van der Waals surface area (Å²) in [7, 11) is 1.61.